The van der Waals surface area contributed by atoms with Crippen molar-refractivity contribution in [2.75, 3.05) is 38.2 Å². The van der Waals surface area contributed by atoms with Crippen LogP contribution in [0.25, 0.3) is 0 Å². The minimum atomic E-state index is -0.0443. The Hall–Kier alpha value is -1.21. The molecule has 7 heteroatoms. The van der Waals surface area contributed by atoms with E-state index in [-0.39, 0.29) is 5.91 Å². The highest BCUT2D eigenvalue weighted by Gasteiger charge is 2.21. The Morgan fingerprint density at radius 2 is 2.35 bits per heavy atom. The van der Waals surface area contributed by atoms with Crippen LogP contribution in [0.2, 0.25) is 0 Å². The second-order valence-electron chi connectivity index (χ2n) is 3.70. The first-order chi connectivity index (χ1) is 8.31. The van der Waals surface area contributed by atoms with Gasteiger partial charge in [-0.25, -0.2) is 0 Å². The van der Waals surface area contributed by atoms with Gasteiger partial charge in [0.15, 0.2) is 0 Å². The molecule has 0 unspecified atom stereocenters. The maximum atomic E-state index is 12.1. The Morgan fingerprint density at radius 3 is 3.18 bits per heavy atom. The summed E-state index contributed by atoms with van der Waals surface area (Å²) in [4.78, 5) is 13.9. The second-order valence-corrected chi connectivity index (χ2v) is 4.68. The number of hydrogen-bond acceptors (Lipinski definition) is 6. The van der Waals surface area contributed by atoms with Crippen molar-refractivity contribution in [3.05, 3.63) is 5.01 Å². The van der Waals surface area contributed by atoms with Gasteiger partial charge < -0.3 is 15.0 Å². The SMILES string of the molecule is CCNc1nnc(C(=O)N2CCCOCC2)s1. The molecule has 0 radical (unpaired) electrons. The lowest BCUT2D eigenvalue weighted by atomic mass is 10.4. The molecule has 1 aliphatic heterocycles. The Balaban J connectivity index is 2.01. The number of nitrogens with one attached hydrogen (secondary N) is 1. The molecular weight excluding hydrogens is 240 g/mol. The van der Waals surface area contributed by atoms with Crippen LogP contribution < -0.4 is 5.32 Å². The second kappa shape index (κ2) is 5.92. The molecule has 1 N–H and O–H groups in total. The highest BCUT2D eigenvalue weighted by atomic mass is 32.1. The molecule has 0 aromatic carbocycles. The molecule has 17 heavy (non-hydrogen) atoms. The number of rotatable bonds is 3. The van der Waals surface area contributed by atoms with Crippen molar-refractivity contribution in [2.45, 2.75) is 13.3 Å². The van der Waals surface area contributed by atoms with Crippen LogP contribution >= 0.6 is 11.3 Å². The van der Waals surface area contributed by atoms with E-state index in [0.29, 0.717) is 23.3 Å². The fourth-order valence-electron chi connectivity index (χ4n) is 1.62. The molecule has 1 saturated heterocycles. The molecule has 1 aromatic rings. The van der Waals surface area contributed by atoms with Gasteiger partial charge in [0.2, 0.25) is 10.1 Å². The summed E-state index contributed by atoms with van der Waals surface area (Å²) < 4.78 is 5.32. The molecule has 2 rings (SSSR count). The fourth-order valence-corrected chi connectivity index (χ4v) is 2.40. The summed E-state index contributed by atoms with van der Waals surface area (Å²) in [7, 11) is 0. The van der Waals surface area contributed by atoms with Crippen LogP contribution in [-0.2, 0) is 4.74 Å². The molecule has 2 heterocycles. The normalized spacial score (nSPS) is 16.6. The quantitative estimate of drug-likeness (QED) is 0.867. The van der Waals surface area contributed by atoms with E-state index in [1.807, 2.05) is 6.92 Å². The first kappa shape index (κ1) is 12.3. The predicted molar refractivity (Wildman–Crippen MR) is 65.4 cm³/mol. The van der Waals surface area contributed by atoms with Gasteiger partial charge in [0.05, 0.1) is 6.61 Å². The molecular formula is C10H16N4O2S. The Labute approximate surface area is 104 Å². The first-order valence-corrected chi connectivity index (χ1v) is 6.57. The number of carbonyl (C=O) groups excluding carboxylic acids is 1. The van der Waals surface area contributed by atoms with Crippen LogP contribution in [0.15, 0.2) is 0 Å². The zero-order valence-corrected chi connectivity index (χ0v) is 10.6. The lowest BCUT2D eigenvalue weighted by molar-refractivity contribution is 0.0740. The summed E-state index contributed by atoms with van der Waals surface area (Å²) in [5.74, 6) is -0.0443. The van der Waals surface area contributed by atoms with Gasteiger partial charge in [-0.2, -0.15) is 0 Å². The zero-order chi connectivity index (χ0) is 12.1. The summed E-state index contributed by atoms with van der Waals surface area (Å²) in [6.07, 6.45) is 0.880. The van der Waals surface area contributed by atoms with Crippen molar-refractivity contribution in [2.24, 2.45) is 0 Å². The van der Waals surface area contributed by atoms with Crippen molar-refractivity contribution in [1.29, 1.82) is 0 Å². The summed E-state index contributed by atoms with van der Waals surface area (Å²) in [5, 5.41) is 12.0. The maximum absolute atomic E-state index is 12.1. The minimum absolute atomic E-state index is 0.0443. The number of aromatic nitrogens is 2. The third-order valence-corrected chi connectivity index (χ3v) is 3.31. The third-order valence-electron chi connectivity index (χ3n) is 2.45. The monoisotopic (exact) mass is 256 g/mol. The molecule has 0 atom stereocenters. The topological polar surface area (TPSA) is 67.4 Å². The lowest BCUT2D eigenvalue weighted by Crippen LogP contribution is -2.33. The van der Waals surface area contributed by atoms with Gasteiger partial charge in [0.1, 0.15) is 0 Å². The van der Waals surface area contributed by atoms with E-state index < -0.39 is 0 Å². The lowest BCUT2D eigenvalue weighted by Gasteiger charge is -2.17. The summed E-state index contributed by atoms with van der Waals surface area (Å²) in [6.45, 7) is 5.45. The van der Waals surface area contributed by atoms with E-state index >= 15 is 0 Å². The molecule has 6 nitrogen and oxygen atoms in total. The third kappa shape index (κ3) is 3.13. The van der Waals surface area contributed by atoms with Crippen molar-refractivity contribution < 1.29 is 9.53 Å². The van der Waals surface area contributed by atoms with Crippen LogP contribution in [0.1, 0.15) is 23.1 Å². The smallest absolute Gasteiger partial charge is 0.284 e. The van der Waals surface area contributed by atoms with Crippen LogP contribution in [0, 0.1) is 0 Å². The van der Waals surface area contributed by atoms with E-state index in [9.17, 15) is 4.79 Å². The molecule has 0 bridgehead atoms. The van der Waals surface area contributed by atoms with Gasteiger partial charge in [-0.3, -0.25) is 4.79 Å². The van der Waals surface area contributed by atoms with Crippen LogP contribution in [0.5, 0.6) is 0 Å². The molecule has 1 amide bonds. The van der Waals surface area contributed by atoms with E-state index in [0.717, 1.165) is 26.1 Å². The van der Waals surface area contributed by atoms with Gasteiger partial charge in [0, 0.05) is 26.2 Å². The van der Waals surface area contributed by atoms with E-state index in [4.69, 9.17) is 4.74 Å². The average molecular weight is 256 g/mol. The van der Waals surface area contributed by atoms with E-state index in [2.05, 4.69) is 15.5 Å². The average Bonchev–Trinajstić information content (AvgIpc) is 2.64. The van der Waals surface area contributed by atoms with Crippen molar-refractivity contribution in [3.8, 4) is 0 Å². The summed E-state index contributed by atoms with van der Waals surface area (Å²) in [6, 6.07) is 0. The Morgan fingerprint density at radius 1 is 1.47 bits per heavy atom. The van der Waals surface area contributed by atoms with Crippen molar-refractivity contribution in [3.63, 3.8) is 0 Å². The van der Waals surface area contributed by atoms with Crippen LogP contribution in [-0.4, -0.2) is 53.9 Å². The van der Waals surface area contributed by atoms with Gasteiger partial charge >= 0.3 is 0 Å². The molecule has 1 aromatic heterocycles. The minimum Gasteiger partial charge on any atom is -0.380 e. The number of amides is 1. The van der Waals surface area contributed by atoms with Crippen molar-refractivity contribution in [1.82, 2.24) is 15.1 Å². The molecule has 0 aliphatic carbocycles. The number of ether oxygens (including phenoxy) is 1. The molecule has 0 spiro atoms. The van der Waals surface area contributed by atoms with Gasteiger partial charge in [-0.05, 0) is 13.3 Å². The molecule has 0 saturated carbocycles. The first-order valence-electron chi connectivity index (χ1n) is 5.75. The molecule has 94 valence electrons. The highest BCUT2D eigenvalue weighted by molar-refractivity contribution is 7.17. The number of anilines is 1. The van der Waals surface area contributed by atoms with E-state index in [1.54, 1.807) is 4.90 Å². The van der Waals surface area contributed by atoms with Gasteiger partial charge in [0.25, 0.3) is 5.91 Å². The van der Waals surface area contributed by atoms with E-state index in [1.165, 1.54) is 11.3 Å². The standard InChI is InChI=1S/C10H16N4O2S/c1-2-11-10-13-12-8(17-10)9(15)14-4-3-6-16-7-5-14/h2-7H2,1H3,(H,11,13). The molecule has 1 fully saturated rings. The zero-order valence-electron chi connectivity index (χ0n) is 9.81. The van der Waals surface area contributed by atoms with Gasteiger partial charge in [-0.1, -0.05) is 11.3 Å². The Kier molecular flexibility index (Phi) is 4.27. The number of carbonyl (C=O) groups is 1. The Bertz CT molecular complexity index is 374. The van der Waals surface area contributed by atoms with Crippen molar-refractivity contribution >= 4 is 22.4 Å². The highest BCUT2D eigenvalue weighted by Crippen LogP contribution is 2.17. The summed E-state index contributed by atoms with van der Waals surface area (Å²) >= 11 is 1.30. The number of hydrogen-bond donors (Lipinski definition) is 1. The fraction of sp³-hybridized carbons (Fsp3) is 0.700. The summed E-state index contributed by atoms with van der Waals surface area (Å²) in [5.41, 5.74) is 0. The molecule has 1 aliphatic rings. The van der Waals surface area contributed by atoms with Gasteiger partial charge in [-0.15, -0.1) is 10.2 Å². The van der Waals surface area contributed by atoms with Crippen LogP contribution in [0.4, 0.5) is 5.13 Å². The maximum Gasteiger partial charge on any atom is 0.284 e. The predicted octanol–water partition coefficient (Wildman–Crippen LogP) is 0.832. The number of nitrogens with zero attached hydrogens (tertiary/aromatic N) is 3. The largest absolute Gasteiger partial charge is 0.380 e. The van der Waals surface area contributed by atoms with Crippen LogP contribution in [0.3, 0.4) is 0 Å².